The zero-order chi connectivity index (χ0) is 15.4. The minimum Gasteiger partial charge on any atom is -0.437 e. The van der Waals surface area contributed by atoms with Gasteiger partial charge in [-0.2, -0.15) is 0 Å². The molecule has 0 atom stereocenters. The van der Waals surface area contributed by atoms with E-state index in [9.17, 15) is 0 Å². The summed E-state index contributed by atoms with van der Waals surface area (Å²) < 4.78 is 5.80. The summed E-state index contributed by atoms with van der Waals surface area (Å²) in [7, 11) is 0. The van der Waals surface area contributed by atoms with Crippen molar-refractivity contribution in [3.63, 3.8) is 0 Å². The SMILES string of the molecule is CC(C)c1ccccc1Oc1nccc(/C(N)=N/O)c1Cl. The van der Waals surface area contributed by atoms with Crippen molar-refractivity contribution in [1.29, 1.82) is 0 Å². The van der Waals surface area contributed by atoms with Crippen molar-refractivity contribution in [3.8, 4) is 11.6 Å². The Morgan fingerprint density at radius 1 is 1.33 bits per heavy atom. The van der Waals surface area contributed by atoms with Gasteiger partial charge in [-0.3, -0.25) is 0 Å². The molecule has 0 bridgehead atoms. The lowest BCUT2D eigenvalue weighted by molar-refractivity contribution is 0.318. The highest BCUT2D eigenvalue weighted by molar-refractivity contribution is 6.35. The van der Waals surface area contributed by atoms with Gasteiger partial charge in [0.25, 0.3) is 0 Å². The predicted octanol–water partition coefficient (Wildman–Crippen LogP) is 3.75. The summed E-state index contributed by atoms with van der Waals surface area (Å²) in [5, 5.41) is 11.9. The number of oxime groups is 1. The zero-order valence-electron chi connectivity index (χ0n) is 11.7. The number of halogens is 1. The minimum atomic E-state index is -0.0932. The van der Waals surface area contributed by atoms with E-state index in [1.807, 2.05) is 24.3 Å². The number of rotatable bonds is 4. The molecule has 1 aromatic carbocycles. The molecule has 0 spiro atoms. The Bertz CT molecular complexity index is 672. The van der Waals surface area contributed by atoms with Gasteiger partial charge in [0.1, 0.15) is 10.8 Å². The van der Waals surface area contributed by atoms with E-state index in [0.29, 0.717) is 17.2 Å². The number of para-hydroxylation sites is 1. The Morgan fingerprint density at radius 3 is 2.71 bits per heavy atom. The van der Waals surface area contributed by atoms with Crippen LogP contribution in [0.2, 0.25) is 5.02 Å². The lowest BCUT2D eigenvalue weighted by atomic mass is 10.0. The molecule has 0 aliphatic rings. The van der Waals surface area contributed by atoms with E-state index in [1.54, 1.807) is 6.07 Å². The van der Waals surface area contributed by atoms with Crippen LogP contribution in [-0.4, -0.2) is 16.0 Å². The average molecular weight is 306 g/mol. The number of amidine groups is 1. The maximum atomic E-state index is 8.75. The first-order valence-corrected chi connectivity index (χ1v) is 6.81. The second-order valence-electron chi connectivity index (χ2n) is 4.76. The predicted molar refractivity (Wildman–Crippen MR) is 82.4 cm³/mol. The van der Waals surface area contributed by atoms with Crippen LogP contribution in [0, 0.1) is 0 Å². The quantitative estimate of drug-likeness (QED) is 0.390. The molecule has 0 radical (unpaired) electrons. The van der Waals surface area contributed by atoms with E-state index >= 15 is 0 Å². The number of pyridine rings is 1. The van der Waals surface area contributed by atoms with Gasteiger partial charge in [0.05, 0.1) is 0 Å². The van der Waals surface area contributed by atoms with E-state index in [-0.39, 0.29) is 16.7 Å². The molecular weight excluding hydrogens is 290 g/mol. The zero-order valence-corrected chi connectivity index (χ0v) is 12.5. The molecule has 3 N–H and O–H groups in total. The van der Waals surface area contributed by atoms with E-state index in [4.69, 9.17) is 27.3 Å². The van der Waals surface area contributed by atoms with Crippen molar-refractivity contribution < 1.29 is 9.94 Å². The second kappa shape index (κ2) is 6.45. The van der Waals surface area contributed by atoms with Crippen molar-refractivity contribution in [2.75, 3.05) is 0 Å². The van der Waals surface area contributed by atoms with Gasteiger partial charge in [-0.15, -0.1) is 0 Å². The fourth-order valence-electron chi connectivity index (χ4n) is 1.90. The summed E-state index contributed by atoms with van der Waals surface area (Å²) in [4.78, 5) is 4.10. The molecule has 1 aromatic heterocycles. The monoisotopic (exact) mass is 305 g/mol. The minimum absolute atomic E-state index is 0.0932. The molecule has 0 saturated heterocycles. The molecule has 2 aromatic rings. The van der Waals surface area contributed by atoms with Gasteiger partial charge in [-0.1, -0.05) is 48.8 Å². The summed E-state index contributed by atoms with van der Waals surface area (Å²) in [6.45, 7) is 4.15. The Labute approximate surface area is 128 Å². The van der Waals surface area contributed by atoms with Gasteiger partial charge in [0.15, 0.2) is 5.84 Å². The number of hydrogen-bond acceptors (Lipinski definition) is 4. The van der Waals surface area contributed by atoms with E-state index in [1.165, 1.54) is 6.20 Å². The molecule has 2 rings (SSSR count). The normalized spacial score (nSPS) is 11.7. The molecule has 1 heterocycles. The van der Waals surface area contributed by atoms with Crippen molar-refractivity contribution in [3.05, 3.63) is 52.7 Å². The Kier molecular flexibility index (Phi) is 4.65. The van der Waals surface area contributed by atoms with E-state index in [0.717, 1.165) is 5.56 Å². The van der Waals surface area contributed by atoms with Crippen molar-refractivity contribution in [1.82, 2.24) is 4.98 Å². The van der Waals surface area contributed by atoms with Crippen molar-refractivity contribution >= 4 is 17.4 Å². The summed E-state index contributed by atoms with van der Waals surface area (Å²) in [6, 6.07) is 9.22. The third-order valence-electron chi connectivity index (χ3n) is 2.99. The molecule has 0 fully saturated rings. The maximum absolute atomic E-state index is 8.75. The number of nitrogens with zero attached hydrogens (tertiary/aromatic N) is 2. The second-order valence-corrected chi connectivity index (χ2v) is 5.14. The van der Waals surface area contributed by atoms with Gasteiger partial charge in [-0.05, 0) is 23.6 Å². The first-order chi connectivity index (χ1) is 10.0. The molecule has 21 heavy (non-hydrogen) atoms. The maximum Gasteiger partial charge on any atom is 0.238 e. The summed E-state index contributed by atoms with van der Waals surface area (Å²) in [5.74, 6) is 1.10. The lowest BCUT2D eigenvalue weighted by Gasteiger charge is -2.14. The molecule has 0 aliphatic carbocycles. The smallest absolute Gasteiger partial charge is 0.238 e. The number of aromatic nitrogens is 1. The number of ether oxygens (including phenoxy) is 1. The molecule has 110 valence electrons. The molecule has 0 amide bonds. The Balaban J connectivity index is 2.42. The standard InChI is InChI=1S/C15H16ClN3O2/c1-9(2)10-5-3-4-6-12(10)21-15-13(16)11(7-8-18-15)14(17)19-20/h3-9,20H,1-2H3,(H2,17,19). The van der Waals surface area contributed by atoms with Crippen LogP contribution < -0.4 is 10.5 Å². The lowest BCUT2D eigenvalue weighted by Crippen LogP contribution is -2.14. The van der Waals surface area contributed by atoms with Crippen LogP contribution in [0.4, 0.5) is 0 Å². The Morgan fingerprint density at radius 2 is 2.05 bits per heavy atom. The molecule has 0 aliphatic heterocycles. The van der Waals surface area contributed by atoms with Crippen molar-refractivity contribution in [2.45, 2.75) is 19.8 Å². The highest BCUT2D eigenvalue weighted by Crippen LogP contribution is 2.33. The van der Waals surface area contributed by atoms with Crippen LogP contribution in [-0.2, 0) is 0 Å². The van der Waals surface area contributed by atoms with Gasteiger partial charge in [0.2, 0.25) is 5.88 Å². The number of nitrogens with two attached hydrogens (primary N) is 1. The third-order valence-corrected chi connectivity index (χ3v) is 3.35. The number of benzene rings is 1. The summed E-state index contributed by atoms with van der Waals surface area (Å²) in [6.07, 6.45) is 1.49. The van der Waals surface area contributed by atoms with Gasteiger partial charge in [0, 0.05) is 11.8 Å². The first-order valence-electron chi connectivity index (χ1n) is 6.43. The topological polar surface area (TPSA) is 80.7 Å². The van der Waals surface area contributed by atoms with Crippen LogP contribution in [0.1, 0.15) is 30.9 Å². The largest absolute Gasteiger partial charge is 0.437 e. The Hall–Kier alpha value is -2.27. The van der Waals surface area contributed by atoms with Gasteiger partial charge in [-0.25, -0.2) is 4.98 Å². The van der Waals surface area contributed by atoms with Gasteiger partial charge < -0.3 is 15.7 Å². The van der Waals surface area contributed by atoms with Crippen LogP contribution in [0.3, 0.4) is 0 Å². The highest BCUT2D eigenvalue weighted by Gasteiger charge is 2.15. The van der Waals surface area contributed by atoms with Crippen LogP contribution in [0.5, 0.6) is 11.6 Å². The fraction of sp³-hybridized carbons (Fsp3) is 0.200. The van der Waals surface area contributed by atoms with Crippen LogP contribution in [0.25, 0.3) is 0 Å². The third kappa shape index (κ3) is 3.25. The molecular formula is C15H16ClN3O2. The molecule has 5 nitrogen and oxygen atoms in total. The van der Waals surface area contributed by atoms with E-state index in [2.05, 4.69) is 24.0 Å². The molecule has 0 unspecified atom stereocenters. The first kappa shape index (κ1) is 15.1. The van der Waals surface area contributed by atoms with Crippen LogP contribution in [0.15, 0.2) is 41.7 Å². The fourth-order valence-corrected chi connectivity index (χ4v) is 2.15. The molecule has 0 saturated carbocycles. The van der Waals surface area contributed by atoms with Crippen LogP contribution >= 0.6 is 11.6 Å². The summed E-state index contributed by atoms with van der Waals surface area (Å²) in [5.41, 5.74) is 6.98. The summed E-state index contributed by atoms with van der Waals surface area (Å²) >= 11 is 6.20. The highest BCUT2D eigenvalue weighted by atomic mass is 35.5. The molecule has 6 heteroatoms. The number of hydrogen-bond donors (Lipinski definition) is 2. The average Bonchev–Trinajstić information content (AvgIpc) is 2.49. The van der Waals surface area contributed by atoms with E-state index < -0.39 is 0 Å². The van der Waals surface area contributed by atoms with Crippen molar-refractivity contribution in [2.24, 2.45) is 10.9 Å². The van der Waals surface area contributed by atoms with Gasteiger partial charge >= 0.3 is 0 Å².